The first kappa shape index (κ1) is 13.0. The summed E-state index contributed by atoms with van der Waals surface area (Å²) in [7, 11) is -9.57. The van der Waals surface area contributed by atoms with Crippen LogP contribution in [0.3, 0.4) is 0 Å². The van der Waals surface area contributed by atoms with E-state index in [4.69, 9.17) is 0 Å². The first-order valence-corrected chi connectivity index (χ1v) is 7.71. The van der Waals surface area contributed by atoms with Crippen LogP contribution >= 0.6 is 22.2 Å². The second-order valence-corrected chi connectivity index (χ2v) is 7.22. The largest absolute Gasteiger partial charge is 0.345 e. The molecule has 0 aromatic heterocycles. The molecule has 1 aromatic rings. The van der Waals surface area contributed by atoms with Gasteiger partial charge in [0.2, 0.25) is 0 Å². The van der Waals surface area contributed by atoms with Crippen molar-refractivity contribution in [2.24, 2.45) is 0 Å². The van der Waals surface area contributed by atoms with E-state index in [1.54, 1.807) is 6.07 Å². The van der Waals surface area contributed by atoms with Gasteiger partial charge in [-0.1, -0.05) is 49.8 Å². The van der Waals surface area contributed by atoms with E-state index in [1.165, 1.54) is 24.3 Å². The van der Waals surface area contributed by atoms with Gasteiger partial charge in [0.1, 0.15) is 0 Å². The number of benzene rings is 1. The molecule has 0 bridgehead atoms. The van der Waals surface area contributed by atoms with Gasteiger partial charge in [-0.15, -0.1) is 11.8 Å². The highest BCUT2D eigenvalue weighted by molar-refractivity contribution is 8.44. The van der Waals surface area contributed by atoms with Crippen molar-refractivity contribution < 1.29 is 19.4 Å². The van der Waals surface area contributed by atoms with Crippen LogP contribution in [0.1, 0.15) is 10.9 Å². The first-order chi connectivity index (χ1) is 7.58. The summed E-state index contributed by atoms with van der Waals surface area (Å²) < 4.78 is 63.3. The highest BCUT2D eigenvalue weighted by Crippen LogP contribution is 3.01. The predicted molar refractivity (Wildman–Crippen MR) is 61.5 cm³/mol. The Morgan fingerprint density at radius 1 is 1.06 bits per heavy atom. The molecule has 17 heavy (non-hydrogen) atoms. The Morgan fingerprint density at radius 3 is 2.18 bits per heavy atom. The minimum Gasteiger partial charge on any atom is -0.151 e. The highest BCUT2D eigenvalue weighted by Gasteiger charge is 2.71. The van der Waals surface area contributed by atoms with Crippen molar-refractivity contribution in [2.75, 3.05) is 12.3 Å². The maximum Gasteiger partial charge on any atom is 0.345 e. The van der Waals surface area contributed by atoms with Crippen LogP contribution in [-0.4, -0.2) is 16.6 Å². The van der Waals surface area contributed by atoms with E-state index in [9.17, 15) is 19.4 Å². The van der Waals surface area contributed by atoms with Crippen LogP contribution in [0, 0.1) is 0 Å². The van der Waals surface area contributed by atoms with E-state index in [-0.39, 0.29) is 11.3 Å². The average molecular weight is 291 g/mol. The van der Waals surface area contributed by atoms with Crippen molar-refractivity contribution in [1.82, 2.24) is 4.31 Å². The third-order valence-corrected chi connectivity index (χ3v) is 5.05. The third-order valence-electron chi connectivity index (χ3n) is 2.38. The van der Waals surface area contributed by atoms with Gasteiger partial charge in [0.05, 0.1) is 5.37 Å². The van der Waals surface area contributed by atoms with Gasteiger partial charge >= 0.3 is 10.4 Å². The second kappa shape index (κ2) is 3.30. The summed E-state index contributed by atoms with van der Waals surface area (Å²) >= 11 is 0.883. The SMILES string of the molecule is FS(F)(F)(F)(F)N1CCSC1c1ccccc1. The average Bonchev–Trinajstić information content (AvgIpc) is 2.65. The van der Waals surface area contributed by atoms with Gasteiger partial charge in [-0.05, 0) is 5.56 Å². The van der Waals surface area contributed by atoms with Crippen molar-refractivity contribution in [3.05, 3.63) is 35.9 Å². The molecule has 1 saturated heterocycles. The van der Waals surface area contributed by atoms with Crippen LogP contribution in [0.4, 0.5) is 19.4 Å². The van der Waals surface area contributed by atoms with Gasteiger partial charge in [0.15, 0.2) is 0 Å². The fourth-order valence-electron chi connectivity index (χ4n) is 1.69. The summed E-state index contributed by atoms with van der Waals surface area (Å²) in [4.78, 5) is 0. The Balaban J connectivity index is 2.39. The molecule has 0 radical (unpaired) electrons. The minimum absolute atomic E-state index is 0.0468. The van der Waals surface area contributed by atoms with E-state index in [2.05, 4.69) is 0 Å². The molecule has 0 spiro atoms. The normalized spacial score (nSPS) is 26.5. The first-order valence-electron chi connectivity index (χ1n) is 4.75. The lowest BCUT2D eigenvalue weighted by molar-refractivity contribution is 0.238. The topological polar surface area (TPSA) is 3.24 Å². The number of thioether (sulfide) groups is 1. The molecular formula is C9H10F5NS2. The molecule has 0 saturated carbocycles. The number of rotatable bonds is 2. The van der Waals surface area contributed by atoms with Gasteiger partial charge in [-0.3, -0.25) is 0 Å². The molecule has 0 aliphatic carbocycles. The van der Waals surface area contributed by atoms with Crippen LogP contribution in [0.25, 0.3) is 0 Å². The van der Waals surface area contributed by atoms with Crippen molar-refractivity contribution in [3.8, 4) is 0 Å². The molecule has 1 aliphatic rings. The Hall–Kier alpha value is -0.470. The molecule has 1 atom stereocenters. The standard InChI is InChI=1S/C9H10F5NS2/c10-17(11,12,13,14)15-6-7-16-9(15)8-4-2-1-3-5-8/h1-5,9H,6-7H2. The Labute approximate surface area is 99.8 Å². The number of hydrogen-bond donors (Lipinski definition) is 0. The van der Waals surface area contributed by atoms with Gasteiger partial charge in [0.25, 0.3) is 0 Å². The molecule has 98 valence electrons. The van der Waals surface area contributed by atoms with Crippen molar-refractivity contribution in [1.29, 1.82) is 0 Å². The van der Waals surface area contributed by atoms with Gasteiger partial charge < -0.3 is 0 Å². The quantitative estimate of drug-likeness (QED) is 0.709. The zero-order valence-corrected chi connectivity index (χ0v) is 10.2. The van der Waals surface area contributed by atoms with E-state index in [0.717, 1.165) is 11.8 Å². The molecule has 0 amide bonds. The molecule has 1 fully saturated rings. The zero-order valence-electron chi connectivity index (χ0n) is 8.53. The van der Waals surface area contributed by atoms with E-state index in [1.807, 2.05) is 0 Å². The third kappa shape index (κ3) is 2.86. The molecule has 1 aliphatic heterocycles. The Morgan fingerprint density at radius 2 is 1.65 bits per heavy atom. The number of hydrogen-bond acceptors (Lipinski definition) is 2. The highest BCUT2D eigenvalue weighted by atomic mass is 32.5. The Kier molecular flexibility index (Phi) is 2.52. The zero-order chi connectivity index (χ0) is 12.8. The van der Waals surface area contributed by atoms with E-state index >= 15 is 0 Å². The van der Waals surface area contributed by atoms with E-state index < -0.39 is 26.6 Å². The van der Waals surface area contributed by atoms with Crippen molar-refractivity contribution in [3.63, 3.8) is 0 Å². The second-order valence-electron chi connectivity index (χ2n) is 3.70. The lowest BCUT2D eigenvalue weighted by atomic mass is 10.2. The molecule has 1 heterocycles. The molecule has 1 unspecified atom stereocenters. The summed E-state index contributed by atoms with van der Waals surface area (Å²) in [5.41, 5.74) is 0.253. The summed E-state index contributed by atoms with van der Waals surface area (Å²) in [6, 6.07) is 7.57. The smallest absolute Gasteiger partial charge is 0.151 e. The van der Waals surface area contributed by atoms with Crippen LogP contribution in [0.2, 0.25) is 0 Å². The molecule has 2 rings (SSSR count). The lowest BCUT2D eigenvalue weighted by Gasteiger charge is -2.49. The maximum absolute atomic E-state index is 12.8. The van der Waals surface area contributed by atoms with Crippen LogP contribution in [-0.2, 0) is 0 Å². The Bertz CT molecular complexity index is 417. The summed E-state index contributed by atoms with van der Waals surface area (Å²) in [5.74, 6) is 0.0468. The molecule has 1 aromatic carbocycles. The van der Waals surface area contributed by atoms with Gasteiger partial charge in [0, 0.05) is 12.3 Å². The molecular weight excluding hydrogens is 281 g/mol. The van der Waals surface area contributed by atoms with Crippen LogP contribution < -0.4 is 0 Å². The van der Waals surface area contributed by atoms with Crippen molar-refractivity contribution >= 4 is 22.2 Å². The predicted octanol–water partition coefficient (Wildman–Crippen LogP) is 4.95. The van der Waals surface area contributed by atoms with Crippen LogP contribution in [0.5, 0.6) is 0 Å². The van der Waals surface area contributed by atoms with Crippen LogP contribution in [0.15, 0.2) is 30.3 Å². The lowest BCUT2D eigenvalue weighted by Crippen LogP contribution is -2.33. The van der Waals surface area contributed by atoms with E-state index in [0.29, 0.717) is 0 Å². The number of halogens is 5. The minimum atomic E-state index is -9.57. The maximum atomic E-state index is 12.8. The fourth-order valence-corrected chi connectivity index (χ4v) is 4.54. The molecule has 0 N–H and O–H groups in total. The number of nitrogens with zero attached hydrogens (tertiary/aromatic N) is 1. The van der Waals surface area contributed by atoms with Gasteiger partial charge in [-0.25, -0.2) is 0 Å². The summed E-state index contributed by atoms with van der Waals surface area (Å²) in [6.07, 6.45) is 0. The van der Waals surface area contributed by atoms with Gasteiger partial charge in [-0.2, -0.15) is 4.31 Å². The van der Waals surface area contributed by atoms with Crippen molar-refractivity contribution in [2.45, 2.75) is 5.37 Å². The monoisotopic (exact) mass is 291 g/mol. The summed E-state index contributed by atoms with van der Waals surface area (Å²) in [5, 5.41) is -1.34. The molecule has 1 nitrogen and oxygen atoms in total. The fraction of sp³-hybridized carbons (Fsp3) is 0.333. The molecule has 8 heteroatoms. The summed E-state index contributed by atoms with van der Waals surface area (Å²) in [6.45, 7) is -0.664.